The summed E-state index contributed by atoms with van der Waals surface area (Å²) in [5.41, 5.74) is 2.18. The van der Waals surface area contributed by atoms with Gasteiger partial charge >= 0.3 is 0 Å². The molecule has 0 saturated heterocycles. The zero-order valence-electron chi connectivity index (χ0n) is 23.0. The maximum Gasteiger partial charge on any atom is 0.167 e. The van der Waals surface area contributed by atoms with Crippen molar-refractivity contribution >= 4 is 5.78 Å². The van der Waals surface area contributed by atoms with Crippen LogP contribution in [0.2, 0.25) is 0 Å². The van der Waals surface area contributed by atoms with Crippen LogP contribution >= 0.6 is 0 Å². The minimum Gasteiger partial charge on any atom is -0.384 e. The molecule has 0 bridgehead atoms. The Balaban J connectivity index is 1.40. The van der Waals surface area contributed by atoms with E-state index in [1.807, 2.05) is 121 Å². The van der Waals surface area contributed by atoms with Gasteiger partial charge in [-0.25, -0.2) is 0 Å². The molecular weight excluding hydrogens is 517 g/mol. The molecule has 0 heterocycles. The van der Waals surface area contributed by atoms with Gasteiger partial charge in [-0.15, -0.1) is 0 Å². The van der Waals surface area contributed by atoms with E-state index in [-0.39, 0.29) is 38.6 Å². The first-order valence-electron chi connectivity index (χ1n) is 13.9. The molecule has 1 N–H and O–H groups in total. The molecule has 4 aromatic carbocycles. The Labute approximate surface area is 241 Å². The minimum absolute atomic E-state index is 0.0936. The largest absolute Gasteiger partial charge is 0.384 e. The van der Waals surface area contributed by atoms with Gasteiger partial charge in [0.25, 0.3) is 0 Å². The van der Waals surface area contributed by atoms with Crippen molar-refractivity contribution in [1.82, 2.24) is 0 Å². The van der Waals surface area contributed by atoms with Gasteiger partial charge in [0.2, 0.25) is 0 Å². The molecule has 4 atom stereocenters. The molecule has 212 valence electrons. The number of benzene rings is 4. The molecular formula is C35H36O6. The Hall–Kier alpha value is -3.65. The second kappa shape index (κ2) is 14.3. The molecule has 1 aliphatic carbocycles. The SMILES string of the molecule is O=[13C]1C[C@](O)(COCc2ccccc2)[C@@H](OCc2ccccc2)[C@H](OCc2ccccc2)[C@H]1OCc1ccccc1. The summed E-state index contributed by atoms with van der Waals surface area (Å²) in [4.78, 5) is 13.6. The molecule has 0 aliphatic heterocycles. The fourth-order valence-corrected chi connectivity index (χ4v) is 5.10. The van der Waals surface area contributed by atoms with Crippen LogP contribution in [-0.2, 0) is 50.2 Å². The molecule has 1 saturated carbocycles. The first-order valence-corrected chi connectivity index (χ1v) is 13.9. The van der Waals surface area contributed by atoms with Crippen molar-refractivity contribution in [2.24, 2.45) is 0 Å². The Morgan fingerprint density at radius 2 is 1.00 bits per heavy atom. The highest BCUT2D eigenvalue weighted by Gasteiger charge is 2.55. The summed E-state index contributed by atoms with van der Waals surface area (Å²) in [6.45, 7) is 0.903. The quantitative estimate of drug-likeness (QED) is 0.215. The Morgan fingerprint density at radius 1 is 0.585 bits per heavy atom. The van der Waals surface area contributed by atoms with Crippen LogP contribution in [0.5, 0.6) is 0 Å². The van der Waals surface area contributed by atoms with Crippen molar-refractivity contribution in [3.63, 3.8) is 0 Å². The maximum atomic E-state index is 13.6. The van der Waals surface area contributed by atoms with E-state index in [4.69, 9.17) is 18.9 Å². The van der Waals surface area contributed by atoms with Crippen LogP contribution in [0.3, 0.4) is 0 Å². The predicted octanol–water partition coefficient (Wildman–Crippen LogP) is 5.66. The number of hydrogen-bond donors (Lipinski definition) is 1. The molecule has 1 aliphatic rings. The number of ether oxygens (including phenoxy) is 4. The van der Waals surface area contributed by atoms with E-state index in [2.05, 4.69) is 0 Å². The lowest BCUT2D eigenvalue weighted by Gasteiger charge is -2.46. The van der Waals surface area contributed by atoms with Crippen molar-refractivity contribution in [2.75, 3.05) is 6.61 Å². The van der Waals surface area contributed by atoms with Crippen molar-refractivity contribution in [2.45, 2.75) is 56.8 Å². The number of carbonyl (C=O) groups is 1. The number of ketones is 1. The third-order valence-corrected chi connectivity index (χ3v) is 7.22. The van der Waals surface area contributed by atoms with Crippen molar-refractivity contribution in [3.8, 4) is 0 Å². The average Bonchev–Trinajstić information content (AvgIpc) is 3.01. The van der Waals surface area contributed by atoms with Crippen molar-refractivity contribution in [1.29, 1.82) is 0 Å². The molecule has 4 aromatic rings. The summed E-state index contributed by atoms with van der Waals surface area (Å²) in [6, 6.07) is 38.9. The van der Waals surface area contributed by atoms with E-state index in [0.29, 0.717) is 6.61 Å². The monoisotopic (exact) mass is 553 g/mol. The third-order valence-electron chi connectivity index (χ3n) is 7.22. The van der Waals surface area contributed by atoms with E-state index in [1.54, 1.807) is 0 Å². The van der Waals surface area contributed by atoms with Crippen LogP contribution in [-0.4, -0.2) is 41.4 Å². The van der Waals surface area contributed by atoms with E-state index >= 15 is 0 Å². The topological polar surface area (TPSA) is 74.2 Å². The maximum absolute atomic E-state index is 13.6. The first-order chi connectivity index (χ1) is 20.1. The van der Waals surface area contributed by atoms with Crippen LogP contribution < -0.4 is 0 Å². The third kappa shape index (κ3) is 7.97. The van der Waals surface area contributed by atoms with Crippen LogP contribution in [0.1, 0.15) is 28.7 Å². The summed E-state index contributed by atoms with van der Waals surface area (Å²) in [5, 5.41) is 12.0. The predicted molar refractivity (Wildman–Crippen MR) is 156 cm³/mol. The summed E-state index contributed by atoms with van der Waals surface area (Å²) < 4.78 is 25.1. The van der Waals surface area contributed by atoms with Gasteiger partial charge < -0.3 is 24.1 Å². The number of Topliss-reactive ketones (excluding diaryl/α,β-unsaturated/α-hetero) is 1. The number of hydrogen-bond acceptors (Lipinski definition) is 6. The summed E-state index contributed by atoms with van der Waals surface area (Å²) in [6.07, 6.45) is -2.85. The lowest BCUT2D eigenvalue weighted by molar-refractivity contribution is -0.240. The second-order valence-electron chi connectivity index (χ2n) is 10.4. The standard InChI is InChI=1S/C35H36O6/c36-31-21-35(37,26-38-22-27-13-5-1-6-14-27)34(41-25-30-19-11-4-12-20-30)33(40-24-29-17-9-3-10-18-29)32(31)39-23-28-15-7-2-8-16-28/h1-20,32-34,37H,21-26H2/t32-,33+,34-,35-/m0/s1/i31+1. The van der Waals surface area contributed by atoms with Crippen LogP contribution in [0, 0.1) is 0 Å². The van der Waals surface area contributed by atoms with Crippen LogP contribution in [0.15, 0.2) is 121 Å². The molecule has 0 aromatic heterocycles. The zero-order valence-corrected chi connectivity index (χ0v) is 23.0. The van der Waals surface area contributed by atoms with E-state index in [9.17, 15) is 9.90 Å². The Kier molecular flexibility index (Phi) is 10.1. The van der Waals surface area contributed by atoms with Crippen molar-refractivity contribution in [3.05, 3.63) is 144 Å². The summed E-state index contributed by atoms with van der Waals surface area (Å²) in [5.74, 6) is -0.246. The highest BCUT2D eigenvalue weighted by atomic mass is 16.6. The minimum atomic E-state index is -1.62. The fourth-order valence-electron chi connectivity index (χ4n) is 5.10. The van der Waals surface area contributed by atoms with Gasteiger partial charge in [0.05, 0.1) is 33.0 Å². The molecule has 0 amide bonds. The summed E-state index contributed by atoms with van der Waals surface area (Å²) >= 11 is 0. The Bertz CT molecular complexity index is 1330. The zero-order chi connectivity index (χ0) is 28.3. The van der Waals surface area contributed by atoms with E-state index in [0.717, 1.165) is 22.3 Å². The molecule has 0 spiro atoms. The smallest absolute Gasteiger partial charge is 0.167 e. The number of carbonyl (C=O) groups excluding carboxylic acids is 1. The van der Waals surface area contributed by atoms with Crippen LogP contribution in [0.25, 0.3) is 0 Å². The first kappa shape index (κ1) is 28.9. The molecule has 6 nitrogen and oxygen atoms in total. The average molecular weight is 554 g/mol. The van der Waals surface area contributed by atoms with Gasteiger partial charge in [0, 0.05) is 6.42 Å². The highest BCUT2D eigenvalue weighted by molar-refractivity contribution is 5.86. The second-order valence-corrected chi connectivity index (χ2v) is 10.4. The van der Waals surface area contributed by atoms with Gasteiger partial charge in [-0.1, -0.05) is 121 Å². The van der Waals surface area contributed by atoms with Crippen molar-refractivity contribution < 1.29 is 28.8 Å². The summed E-state index contributed by atoms with van der Waals surface area (Å²) in [7, 11) is 0. The van der Waals surface area contributed by atoms with Gasteiger partial charge in [0.15, 0.2) is 5.78 Å². The van der Waals surface area contributed by atoms with E-state index < -0.39 is 23.9 Å². The van der Waals surface area contributed by atoms with Gasteiger partial charge in [0.1, 0.15) is 23.9 Å². The lowest BCUT2D eigenvalue weighted by Crippen LogP contribution is -2.65. The number of rotatable bonds is 13. The highest BCUT2D eigenvalue weighted by Crippen LogP contribution is 2.35. The molecule has 1 fully saturated rings. The lowest BCUT2D eigenvalue weighted by atomic mass is 9.84. The van der Waals surface area contributed by atoms with Gasteiger partial charge in [-0.2, -0.15) is 0 Å². The number of aliphatic hydroxyl groups is 1. The van der Waals surface area contributed by atoms with Gasteiger partial charge in [-0.05, 0) is 22.3 Å². The normalized spacial score (nSPS) is 22.5. The molecule has 0 unspecified atom stereocenters. The molecule has 0 radical (unpaired) electrons. The van der Waals surface area contributed by atoms with Gasteiger partial charge in [-0.3, -0.25) is 4.79 Å². The fraction of sp³-hybridized carbons (Fsp3) is 0.286. The Morgan fingerprint density at radius 3 is 1.49 bits per heavy atom. The molecule has 6 heteroatoms. The van der Waals surface area contributed by atoms with E-state index in [1.165, 1.54) is 0 Å². The molecule has 41 heavy (non-hydrogen) atoms. The van der Waals surface area contributed by atoms with Crippen LogP contribution in [0.4, 0.5) is 0 Å². The molecule has 5 rings (SSSR count).